The van der Waals surface area contributed by atoms with Crippen molar-refractivity contribution in [1.29, 1.82) is 0 Å². The van der Waals surface area contributed by atoms with Crippen molar-refractivity contribution in [1.82, 2.24) is 10.2 Å². The molecule has 0 aromatic heterocycles. The molecule has 0 bridgehead atoms. The number of amides is 1. The molecule has 0 saturated carbocycles. The van der Waals surface area contributed by atoms with Gasteiger partial charge in [-0.05, 0) is 55.6 Å². The number of phenols is 1. The van der Waals surface area contributed by atoms with Crippen LogP contribution in [0, 0.1) is 0 Å². The first-order valence-electron chi connectivity index (χ1n) is 7.51. The fourth-order valence-electron chi connectivity index (χ4n) is 3.34. The van der Waals surface area contributed by atoms with E-state index < -0.39 is 5.60 Å². The summed E-state index contributed by atoms with van der Waals surface area (Å²) in [6, 6.07) is 5.42. The maximum absolute atomic E-state index is 12.9. The third-order valence-corrected chi connectivity index (χ3v) is 4.68. The van der Waals surface area contributed by atoms with Crippen molar-refractivity contribution >= 4 is 5.91 Å². The Balaban J connectivity index is 1.80. The zero-order chi connectivity index (χ0) is 14.9. The van der Waals surface area contributed by atoms with E-state index in [4.69, 9.17) is 4.74 Å². The first-order valence-corrected chi connectivity index (χ1v) is 7.51. The van der Waals surface area contributed by atoms with Gasteiger partial charge in [0.15, 0.2) is 0 Å². The number of benzene rings is 1. The molecular weight excluding hydrogens is 268 g/mol. The van der Waals surface area contributed by atoms with Crippen molar-refractivity contribution in [3.63, 3.8) is 0 Å². The van der Waals surface area contributed by atoms with Crippen molar-refractivity contribution in [2.45, 2.75) is 31.4 Å². The summed E-state index contributed by atoms with van der Waals surface area (Å²) < 4.78 is 5.62. The molecule has 21 heavy (non-hydrogen) atoms. The van der Waals surface area contributed by atoms with Gasteiger partial charge in [-0.25, -0.2) is 0 Å². The molecule has 5 nitrogen and oxygen atoms in total. The average Bonchev–Trinajstić information content (AvgIpc) is 2.54. The number of hydrogen-bond acceptors (Lipinski definition) is 4. The van der Waals surface area contributed by atoms with Gasteiger partial charge in [0.05, 0.1) is 0 Å². The standard InChI is InChI=1S/C16H22N2O3/c1-21-16(5-7-17-8-6-16)15(20)18-9-4-12-2-3-14(19)10-13(12)11-18/h2-3,10,17,19H,4-9,11H2,1H3. The first-order chi connectivity index (χ1) is 10.1. The maximum atomic E-state index is 12.9. The number of hydrogen-bond donors (Lipinski definition) is 2. The number of nitrogens with one attached hydrogen (secondary N) is 1. The number of fused-ring (bicyclic) bond motifs is 1. The van der Waals surface area contributed by atoms with Gasteiger partial charge < -0.3 is 20.1 Å². The Hall–Kier alpha value is -1.59. The molecule has 0 aliphatic carbocycles. The largest absolute Gasteiger partial charge is 0.508 e. The van der Waals surface area contributed by atoms with E-state index in [1.54, 1.807) is 19.2 Å². The lowest BCUT2D eigenvalue weighted by Gasteiger charge is -2.40. The van der Waals surface area contributed by atoms with Crippen molar-refractivity contribution in [2.75, 3.05) is 26.7 Å². The molecule has 0 spiro atoms. The Labute approximate surface area is 124 Å². The van der Waals surface area contributed by atoms with Crippen LogP contribution in [0.15, 0.2) is 18.2 Å². The predicted octanol–water partition coefficient (Wildman–Crippen LogP) is 1.05. The average molecular weight is 290 g/mol. The molecule has 0 atom stereocenters. The molecule has 2 heterocycles. The SMILES string of the molecule is COC1(C(=O)N2CCc3ccc(O)cc3C2)CCNCC1. The number of phenolic OH excluding ortho intramolecular Hbond substituents is 1. The van der Waals surface area contributed by atoms with E-state index in [-0.39, 0.29) is 11.7 Å². The fraction of sp³-hybridized carbons (Fsp3) is 0.562. The molecule has 114 valence electrons. The van der Waals surface area contributed by atoms with Gasteiger partial charge in [-0.15, -0.1) is 0 Å². The van der Waals surface area contributed by atoms with Gasteiger partial charge in [0.25, 0.3) is 5.91 Å². The lowest BCUT2D eigenvalue weighted by Crippen LogP contribution is -2.56. The smallest absolute Gasteiger partial charge is 0.255 e. The molecule has 2 aliphatic rings. The van der Waals surface area contributed by atoms with E-state index in [0.29, 0.717) is 19.4 Å². The predicted molar refractivity (Wildman–Crippen MR) is 79.1 cm³/mol. The van der Waals surface area contributed by atoms with Gasteiger partial charge in [-0.3, -0.25) is 4.79 Å². The summed E-state index contributed by atoms with van der Waals surface area (Å²) in [6.07, 6.45) is 2.26. The minimum absolute atomic E-state index is 0.0838. The molecule has 1 saturated heterocycles. The van der Waals surface area contributed by atoms with E-state index in [1.165, 1.54) is 5.56 Å². The molecule has 1 amide bonds. The van der Waals surface area contributed by atoms with Crippen LogP contribution in [0.3, 0.4) is 0 Å². The van der Waals surface area contributed by atoms with Crippen molar-refractivity contribution < 1.29 is 14.6 Å². The molecule has 1 aromatic rings. The number of carbonyl (C=O) groups is 1. The number of carbonyl (C=O) groups excluding carboxylic acids is 1. The Morgan fingerprint density at radius 3 is 2.81 bits per heavy atom. The highest BCUT2D eigenvalue weighted by molar-refractivity contribution is 5.85. The molecule has 3 rings (SSSR count). The normalized spacial score (nSPS) is 20.9. The highest BCUT2D eigenvalue weighted by atomic mass is 16.5. The second-order valence-corrected chi connectivity index (χ2v) is 5.88. The first kappa shape index (κ1) is 14.4. The quantitative estimate of drug-likeness (QED) is 0.854. The summed E-state index contributed by atoms with van der Waals surface area (Å²) in [4.78, 5) is 14.8. The minimum Gasteiger partial charge on any atom is -0.508 e. The van der Waals surface area contributed by atoms with Crippen LogP contribution in [0.4, 0.5) is 0 Å². The van der Waals surface area contributed by atoms with Gasteiger partial charge in [-0.1, -0.05) is 6.07 Å². The molecule has 5 heteroatoms. The number of ether oxygens (including phenoxy) is 1. The molecule has 0 radical (unpaired) electrons. The molecule has 2 N–H and O–H groups in total. The van der Waals surface area contributed by atoms with Gasteiger partial charge in [-0.2, -0.15) is 0 Å². The van der Waals surface area contributed by atoms with E-state index in [2.05, 4.69) is 5.32 Å². The highest BCUT2D eigenvalue weighted by Gasteiger charge is 2.42. The van der Waals surface area contributed by atoms with Gasteiger partial charge in [0.1, 0.15) is 11.4 Å². The van der Waals surface area contributed by atoms with Gasteiger partial charge in [0, 0.05) is 20.2 Å². The number of rotatable bonds is 2. The van der Waals surface area contributed by atoms with Crippen LogP contribution < -0.4 is 5.32 Å². The summed E-state index contributed by atoms with van der Waals surface area (Å²) in [7, 11) is 1.63. The lowest BCUT2D eigenvalue weighted by molar-refractivity contribution is -0.159. The summed E-state index contributed by atoms with van der Waals surface area (Å²) in [5.74, 6) is 0.340. The molecular formula is C16H22N2O3. The highest BCUT2D eigenvalue weighted by Crippen LogP contribution is 2.29. The van der Waals surface area contributed by atoms with Crippen molar-refractivity contribution in [3.8, 4) is 5.75 Å². The van der Waals surface area contributed by atoms with Crippen LogP contribution >= 0.6 is 0 Å². The van der Waals surface area contributed by atoms with E-state index >= 15 is 0 Å². The zero-order valence-corrected chi connectivity index (χ0v) is 12.4. The van der Waals surface area contributed by atoms with Crippen LogP contribution in [0.5, 0.6) is 5.75 Å². The Morgan fingerprint density at radius 2 is 2.10 bits per heavy atom. The lowest BCUT2D eigenvalue weighted by atomic mass is 9.89. The topological polar surface area (TPSA) is 61.8 Å². The number of piperidine rings is 1. The number of aromatic hydroxyl groups is 1. The minimum atomic E-state index is -0.681. The third kappa shape index (κ3) is 2.63. The Kier molecular flexibility index (Phi) is 3.87. The van der Waals surface area contributed by atoms with Crippen LogP contribution in [0.1, 0.15) is 24.0 Å². The molecule has 1 aromatic carbocycles. The number of methoxy groups -OCH3 is 1. The fourth-order valence-corrected chi connectivity index (χ4v) is 3.34. The summed E-state index contributed by atoms with van der Waals surface area (Å²) >= 11 is 0. The molecule has 1 fully saturated rings. The van der Waals surface area contributed by atoms with E-state index in [0.717, 1.165) is 31.6 Å². The maximum Gasteiger partial charge on any atom is 0.255 e. The summed E-state index contributed by atoms with van der Waals surface area (Å²) in [5, 5.41) is 12.9. The van der Waals surface area contributed by atoms with Crippen molar-refractivity contribution in [3.05, 3.63) is 29.3 Å². The molecule has 0 unspecified atom stereocenters. The molecule has 2 aliphatic heterocycles. The van der Waals surface area contributed by atoms with E-state index in [1.807, 2.05) is 11.0 Å². The number of nitrogens with zero attached hydrogens (tertiary/aromatic N) is 1. The Morgan fingerprint density at radius 1 is 1.33 bits per heavy atom. The zero-order valence-electron chi connectivity index (χ0n) is 12.4. The van der Waals surface area contributed by atoms with Crippen LogP contribution in [-0.4, -0.2) is 48.3 Å². The van der Waals surface area contributed by atoms with Crippen LogP contribution in [-0.2, 0) is 22.5 Å². The van der Waals surface area contributed by atoms with Gasteiger partial charge in [0.2, 0.25) is 0 Å². The van der Waals surface area contributed by atoms with Crippen LogP contribution in [0.2, 0.25) is 0 Å². The second-order valence-electron chi connectivity index (χ2n) is 5.88. The third-order valence-electron chi connectivity index (χ3n) is 4.68. The van der Waals surface area contributed by atoms with Crippen LogP contribution in [0.25, 0.3) is 0 Å². The monoisotopic (exact) mass is 290 g/mol. The Bertz CT molecular complexity index is 538. The second kappa shape index (κ2) is 5.66. The van der Waals surface area contributed by atoms with Crippen molar-refractivity contribution in [2.24, 2.45) is 0 Å². The van der Waals surface area contributed by atoms with Gasteiger partial charge >= 0.3 is 0 Å². The summed E-state index contributed by atoms with van der Waals surface area (Å²) in [6.45, 7) is 2.89. The van der Waals surface area contributed by atoms with E-state index in [9.17, 15) is 9.90 Å². The summed E-state index contributed by atoms with van der Waals surface area (Å²) in [5.41, 5.74) is 1.57.